The molecule has 2 aromatic rings. The third-order valence-corrected chi connectivity index (χ3v) is 3.01. The van der Waals surface area contributed by atoms with E-state index in [1.54, 1.807) is 26.3 Å². The molecule has 6 nitrogen and oxygen atoms in total. The number of nitrogens with zero attached hydrogens (tertiary/aromatic N) is 1. The van der Waals surface area contributed by atoms with Crippen LogP contribution < -0.4 is 10.1 Å². The van der Waals surface area contributed by atoms with E-state index in [-0.39, 0.29) is 5.97 Å². The van der Waals surface area contributed by atoms with E-state index in [9.17, 15) is 4.79 Å². The zero-order valence-corrected chi connectivity index (χ0v) is 12.3. The zero-order valence-electron chi connectivity index (χ0n) is 12.3. The maximum atomic E-state index is 11.5. The maximum absolute atomic E-state index is 11.5. The summed E-state index contributed by atoms with van der Waals surface area (Å²) in [5, 5.41) is 3.23. The number of aromatic nitrogens is 1. The molecule has 0 amide bonds. The van der Waals surface area contributed by atoms with Gasteiger partial charge in [0.2, 0.25) is 5.88 Å². The number of carbonyl (C=O) groups is 1. The minimum absolute atomic E-state index is 0.387. The molecule has 0 aliphatic heterocycles. The average Bonchev–Trinajstić information content (AvgIpc) is 2.88. The molecular formula is C15H18N2O4. The highest BCUT2D eigenvalue weighted by Gasteiger charge is 2.14. The number of ether oxygens (including phenoxy) is 2. The van der Waals surface area contributed by atoms with Gasteiger partial charge in [-0.15, -0.1) is 0 Å². The van der Waals surface area contributed by atoms with Gasteiger partial charge in [0.15, 0.2) is 0 Å². The van der Waals surface area contributed by atoms with E-state index in [1.165, 1.54) is 7.11 Å². The van der Waals surface area contributed by atoms with Gasteiger partial charge in [-0.1, -0.05) is 6.07 Å². The molecule has 2 aromatic heterocycles. The number of carbonyl (C=O) groups excluding carboxylic acids is 1. The van der Waals surface area contributed by atoms with Crippen LogP contribution in [0, 0.1) is 6.92 Å². The number of methoxy groups -OCH3 is 2. The van der Waals surface area contributed by atoms with Gasteiger partial charge in [0.05, 0.1) is 20.8 Å². The van der Waals surface area contributed by atoms with Gasteiger partial charge in [-0.3, -0.25) is 0 Å². The molecule has 0 fully saturated rings. The van der Waals surface area contributed by atoms with E-state index in [4.69, 9.17) is 9.15 Å². The van der Waals surface area contributed by atoms with E-state index in [2.05, 4.69) is 15.0 Å². The van der Waals surface area contributed by atoms with Crippen LogP contribution in [0.5, 0.6) is 5.88 Å². The number of hydrogen-bond acceptors (Lipinski definition) is 6. The Morgan fingerprint density at radius 1 is 1.33 bits per heavy atom. The van der Waals surface area contributed by atoms with Crippen LogP contribution in [-0.2, 0) is 17.8 Å². The fourth-order valence-corrected chi connectivity index (χ4v) is 1.91. The highest BCUT2D eigenvalue weighted by Crippen LogP contribution is 2.15. The summed E-state index contributed by atoms with van der Waals surface area (Å²) in [7, 11) is 2.93. The first-order valence-corrected chi connectivity index (χ1v) is 6.51. The molecule has 0 bridgehead atoms. The number of furan rings is 1. The van der Waals surface area contributed by atoms with E-state index in [1.807, 2.05) is 12.1 Å². The number of esters is 1. The second kappa shape index (κ2) is 6.90. The lowest BCUT2D eigenvalue weighted by Gasteiger charge is -2.03. The topological polar surface area (TPSA) is 73.6 Å². The summed E-state index contributed by atoms with van der Waals surface area (Å²) < 4.78 is 15.2. The van der Waals surface area contributed by atoms with Gasteiger partial charge in [0.25, 0.3) is 0 Å². The summed E-state index contributed by atoms with van der Waals surface area (Å²) in [6, 6.07) is 5.44. The standard InChI is InChI=1S/C15H18N2O4/c1-10-13(15(18)20-3)6-12(21-10)9-16-7-11-4-5-14(19-2)17-8-11/h4-6,8,16H,7,9H2,1-3H3. The molecule has 6 heteroatoms. The highest BCUT2D eigenvalue weighted by molar-refractivity contribution is 5.90. The first kappa shape index (κ1) is 15.1. The van der Waals surface area contributed by atoms with Gasteiger partial charge in [0, 0.05) is 18.8 Å². The fourth-order valence-electron chi connectivity index (χ4n) is 1.91. The predicted octanol–water partition coefficient (Wildman–Crippen LogP) is 2.07. The monoisotopic (exact) mass is 290 g/mol. The number of rotatable bonds is 6. The molecule has 112 valence electrons. The van der Waals surface area contributed by atoms with Crippen molar-refractivity contribution >= 4 is 5.97 Å². The van der Waals surface area contributed by atoms with Crippen LogP contribution in [0.25, 0.3) is 0 Å². The first-order valence-electron chi connectivity index (χ1n) is 6.51. The number of nitrogens with one attached hydrogen (secondary N) is 1. The molecule has 0 saturated heterocycles. The molecule has 0 saturated carbocycles. The lowest BCUT2D eigenvalue weighted by Crippen LogP contribution is -2.12. The van der Waals surface area contributed by atoms with E-state index < -0.39 is 0 Å². The molecule has 0 aliphatic rings. The fraction of sp³-hybridized carbons (Fsp3) is 0.333. The molecule has 0 unspecified atom stereocenters. The van der Waals surface area contributed by atoms with Crippen molar-refractivity contribution in [1.29, 1.82) is 0 Å². The smallest absolute Gasteiger partial charge is 0.341 e. The van der Waals surface area contributed by atoms with Gasteiger partial charge < -0.3 is 19.2 Å². The van der Waals surface area contributed by atoms with E-state index >= 15 is 0 Å². The maximum Gasteiger partial charge on any atom is 0.341 e. The van der Waals surface area contributed by atoms with Crippen molar-refractivity contribution < 1.29 is 18.7 Å². The number of pyridine rings is 1. The van der Waals surface area contributed by atoms with Crippen LogP contribution in [0.15, 0.2) is 28.8 Å². The van der Waals surface area contributed by atoms with Crippen LogP contribution in [0.4, 0.5) is 0 Å². The van der Waals surface area contributed by atoms with E-state index in [0.29, 0.717) is 36.1 Å². The summed E-state index contributed by atoms with van der Waals surface area (Å²) >= 11 is 0. The molecule has 0 atom stereocenters. The lowest BCUT2D eigenvalue weighted by molar-refractivity contribution is 0.0599. The van der Waals surface area contributed by atoms with Crippen molar-refractivity contribution in [3.63, 3.8) is 0 Å². The Morgan fingerprint density at radius 2 is 2.14 bits per heavy atom. The summed E-state index contributed by atoms with van der Waals surface area (Å²) in [6.07, 6.45) is 1.75. The normalized spacial score (nSPS) is 10.4. The average molecular weight is 290 g/mol. The Bertz CT molecular complexity index is 605. The van der Waals surface area contributed by atoms with Crippen LogP contribution in [-0.4, -0.2) is 25.2 Å². The minimum atomic E-state index is -0.387. The van der Waals surface area contributed by atoms with Gasteiger partial charge in [0.1, 0.15) is 17.1 Å². The molecule has 2 rings (SSSR count). The van der Waals surface area contributed by atoms with Crippen molar-refractivity contribution in [1.82, 2.24) is 10.3 Å². The summed E-state index contributed by atoms with van der Waals surface area (Å²) in [6.45, 7) is 2.90. The Balaban J connectivity index is 1.89. The largest absolute Gasteiger partial charge is 0.481 e. The lowest BCUT2D eigenvalue weighted by atomic mass is 10.2. The Kier molecular flexibility index (Phi) is 4.94. The van der Waals surface area contributed by atoms with Crippen LogP contribution in [0.1, 0.15) is 27.4 Å². The Hall–Kier alpha value is -2.34. The van der Waals surface area contributed by atoms with Crippen molar-refractivity contribution in [2.45, 2.75) is 20.0 Å². The second-order valence-corrected chi connectivity index (χ2v) is 4.49. The summed E-state index contributed by atoms with van der Waals surface area (Å²) in [4.78, 5) is 15.6. The van der Waals surface area contributed by atoms with Gasteiger partial charge in [-0.25, -0.2) is 9.78 Å². The van der Waals surface area contributed by atoms with Gasteiger partial charge >= 0.3 is 5.97 Å². The van der Waals surface area contributed by atoms with Crippen LogP contribution >= 0.6 is 0 Å². The molecular weight excluding hydrogens is 272 g/mol. The number of aryl methyl sites for hydroxylation is 1. The minimum Gasteiger partial charge on any atom is -0.481 e. The molecule has 0 radical (unpaired) electrons. The van der Waals surface area contributed by atoms with Crippen LogP contribution in [0.2, 0.25) is 0 Å². The van der Waals surface area contributed by atoms with E-state index in [0.717, 1.165) is 5.56 Å². The molecule has 0 aliphatic carbocycles. The molecule has 0 spiro atoms. The van der Waals surface area contributed by atoms with Crippen molar-refractivity contribution in [3.8, 4) is 5.88 Å². The van der Waals surface area contributed by atoms with Crippen molar-refractivity contribution in [2.75, 3.05) is 14.2 Å². The summed E-state index contributed by atoms with van der Waals surface area (Å²) in [5.74, 6) is 1.45. The third kappa shape index (κ3) is 3.82. The Labute approximate surface area is 123 Å². The zero-order chi connectivity index (χ0) is 15.2. The predicted molar refractivity (Wildman–Crippen MR) is 76.1 cm³/mol. The third-order valence-electron chi connectivity index (χ3n) is 3.01. The number of hydrogen-bond donors (Lipinski definition) is 1. The Morgan fingerprint density at radius 3 is 2.76 bits per heavy atom. The quantitative estimate of drug-likeness (QED) is 0.821. The van der Waals surface area contributed by atoms with Crippen LogP contribution in [0.3, 0.4) is 0 Å². The SMILES string of the molecule is COC(=O)c1cc(CNCc2ccc(OC)nc2)oc1C. The highest BCUT2D eigenvalue weighted by atomic mass is 16.5. The molecule has 0 aromatic carbocycles. The van der Waals surface area contributed by atoms with Crippen molar-refractivity contribution in [2.24, 2.45) is 0 Å². The summed E-state index contributed by atoms with van der Waals surface area (Å²) in [5.41, 5.74) is 1.49. The molecule has 1 N–H and O–H groups in total. The van der Waals surface area contributed by atoms with Gasteiger partial charge in [-0.2, -0.15) is 0 Å². The van der Waals surface area contributed by atoms with Gasteiger partial charge in [-0.05, 0) is 18.6 Å². The molecule has 2 heterocycles. The van der Waals surface area contributed by atoms with Crippen molar-refractivity contribution in [3.05, 3.63) is 47.0 Å². The first-order chi connectivity index (χ1) is 10.1. The molecule has 21 heavy (non-hydrogen) atoms. The second-order valence-electron chi connectivity index (χ2n) is 4.49.